The van der Waals surface area contributed by atoms with E-state index >= 15 is 0 Å². The molecule has 0 aliphatic heterocycles. The molecule has 3 heteroatoms. The smallest absolute Gasteiger partial charge is 0.160 e. The maximum absolute atomic E-state index is 13.2. The molecule has 3 nitrogen and oxygen atoms in total. The Hall–Kier alpha value is -1.51. The van der Waals surface area contributed by atoms with E-state index in [1.54, 1.807) is 0 Å². The van der Waals surface area contributed by atoms with Crippen LogP contribution < -0.4 is 0 Å². The van der Waals surface area contributed by atoms with Crippen molar-refractivity contribution in [3.63, 3.8) is 0 Å². The largest absolute Gasteiger partial charge is 0.298 e. The Kier molecular flexibility index (Phi) is 2.49. The minimum Gasteiger partial charge on any atom is -0.298 e. The Labute approximate surface area is 125 Å². The molecule has 1 fully saturated rings. The Morgan fingerprint density at radius 2 is 1.29 bits per heavy atom. The standard InChI is InChI=1S/C18H22O3/c1-9-10(2)18(6)14-12(20)8-7-11(19)13(14)17(9,5)15(21)16(18,3)4/h7-8,13-14H,1-6H3/t13-,14-,17-,18-/m0/s1. The molecule has 4 aliphatic rings. The molecular formula is C18H22O3. The van der Waals surface area contributed by atoms with Gasteiger partial charge in [0.05, 0.1) is 5.41 Å². The van der Waals surface area contributed by atoms with Crippen LogP contribution in [-0.2, 0) is 14.4 Å². The number of carbonyl (C=O) groups is 3. The maximum atomic E-state index is 13.2. The van der Waals surface area contributed by atoms with E-state index in [-0.39, 0.29) is 17.3 Å². The van der Waals surface area contributed by atoms with Crippen molar-refractivity contribution in [2.45, 2.75) is 41.5 Å². The van der Waals surface area contributed by atoms with Gasteiger partial charge in [-0.1, -0.05) is 31.9 Å². The van der Waals surface area contributed by atoms with Gasteiger partial charge in [0.15, 0.2) is 11.6 Å². The Bertz CT molecular complexity index is 664. The SMILES string of the molecule is CC1=C(C)[C@@]2(C)[C@H]3C(=O)C=CC(=O)[C@@H]3[C@@]1(C)C(=O)C2(C)C. The molecule has 0 heterocycles. The molecule has 0 aromatic heterocycles. The van der Waals surface area contributed by atoms with Crippen molar-refractivity contribution in [3.8, 4) is 0 Å². The van der Waals surface area contributed by atoms with Crippen LogP contribution >= 0.6 is 0 Å². The van der Waals surface area contributed by atoms with Crippen molar-refractivity contribution < 1.29 is 14.4 Å². The molecule has 4 aliphatic carbocycles. The van der Waals surface area contributed by atoms with Gasteiger partial charge in [-0.15, -0.1) is 0 Å². The van der Waals surface area contributed by atoms with Crippen molar-refractivity contribution >= 4 is 17.3 Å². The fourth-order valence-electron chi connectivity index (χ4n) is 5.24. The minimum absolute atomic E-state index is 0.0132. The van der Waals surface area contributed by atoms with Gasteiger partial charge in [-0.2, -0.15) is 0 Å². The van der Waals surface area contributed by atoms with E-state index in [1.165, 1.54) is 12.2 Å². The molecule has 0 unspecified atom stereocenters. The zero-order valence-electron chi connectivity index (χ0n) is 13.5. The normalized spacial score (nSPS) is 44.4. The van der Waals surface area contributed by atoms with E-state index in [9.17, 15) is 14.4 Å². The highest BCUT2D eigenvalue weighted by molar-refractivity contribution is 6.14. The summed E-state index contributed by atoms with van der Waals surface area (Å²) in [5.41, 5.74) is -0.00535. The Balaban J connectivity index is 2.45. The topological polar surface area (TPSA) is 51.2 Å². The predicted octanol–water partition coefficient (Wildman–Crippen LogP) is 2.90. The summed E-state index contributed by atoms with van der Waals surface area (Å²) < 4.78 is 0. The average Bonchev–Trinajstić information content (AvgIpc) is 2.42. The van der Waals surface area contributed by atoms with Gasteiger partial charge in [-0.25, -0.2) is 0 Å². The first-order valence-electron chi connectivity index (χ1n) is 7.51. The van der Waals surface area contributed by atoms with Gasteiger partial charge in [0.25, 0.3) is 0 Å². The van der Waals surface area contributed by atoms with Crippen LogP contribution in [0.4, 0.5) is 0 Å². The highest BCUT2D eigenvalue weighted by Gasteiger charge is 2.73. The molecule has 0 radical (unpaired) electrons. The van der Waals surface area contributed by atoms with Gasteiger partial charge in [-0.05, 0) is 32.9 Å². The number of allylic oxidation sites excluding steroid dienone is 4. The molecule has 21 heavy (non-hydrogen) atoms. The van der Waals surface area contributed by atoms with Gasteiger partial charge in [0, 0.05) is 22.7 Å². The van der Waals surface area contributed by atoms with Crippen molar-refractivity contribution in [1.82, 2.24) is 0 Å². The number of hydrogen-bond acceptors (Lipinski definition) is 3. The second kappa shape index (κ2) is 3.63. The lowest BCUT2D eigenvalue weighted by atomic mass is 9.34. The number of hydrogen-bond donors (Lipinski definition) is 0. The Morgan fingerprint density at radius 1 is 0.810 bits per heavy atom. The van der Waals surface area contributed by atoms with Gasteiger partial charge >= 0.3 is 0 Å². The second-order valence-corrected chi connectivity index (χ2v) is 7.70. The molecule has 0 aromatic carbocycles. The fourth-order valence-corrected chi connectivity index (χ4v) is 5.24. The van der Waals surface area contributed by atoms with Crippen LogP contribution in [-0.4, -0.2) is 17.3 Å². The summed E-state index contributed by atoms with van der Waals surface area (Å²) in [6.45, 7) is 11.7. The first-order valence-corrected chi connectivity index (χ1v) is 7.51. The molecule has 4 rings (SSSR count). The molecule has 0 N–H and O–H groups in total. The maximum Gasteiger partial charge on any atom is 0.160 e. The van der Waals surface area contributed by atoms with Gasteiger partial charge < -0.3 is 0 Å². The van der Waals surface area contributed by atoms with E-state index in [1.807, 2.05) is 41.5 Å². The summed E-state index contributed by atoms with van der Waals surface area (Å²) in [6.07, 6.45) is 2.77. The quantitative estimate of drug-likeness (QED) is 0.643. The van der Waals surface area contributed by atoms with Crippen LogP contribution in [0.15, 0.2) is 23.3 Å². The van der Waals surface area contributed by atoms with Crippen molar-refractivity contribution in [3.05, 3.63) is 23.3 Å². The molecule has 1 saturated carbocycles. The van der Waals surface area contributed by atoms with Crippen LogP contribution in [0.2, 0.25) is 0 Å². The number of fused-ring (bicyclic) bond motifs is 1. The summed E-state index contributed by atoms with van der Waals surface area (Å²) in [7, 11) is 0. The zero-order chi connectivity index (χ0) is 16.0. The first-order chi connectivity index (χ1) is 9.52. The van der Waals surface area contributed by atoms with Crippen molar-refractivity contribution in [1.29, 1.82) is 0 Å². The predicted molar refractivity (Wildman–Crippen MR) is 79.5 cm³/mol. The summed E-state index contributed by atoms with van der Waals surface area (Å²) >= 11 is 0. The highest BCUT2D eigenvalue weighted by atomic mass is 16.1. The van der Waals surface area contributed by atoms with Crippen LogP contribution in [0, 0.1) is 28.1 Å². The zero-order valence-corrected chi connectivity index (χ0v) is 13.5. The van der Waals surface area contributed by atoms with Crippen LogP contribution in [0.3, 0.4) is 0 Å². The Morgan fingerprint density at radius 3 is 1.81 bits per heavy atom. The summed E-state index contributed by atoms with van der Waals surface area (Å²) in [5.74, 6) is -0.955. The summed E-state index contributed by atoms with van der Waals surface area (Å²) in [4.78, 5) is 38.3. The number of rotatable bonds is 0. The van der Waals surface area contributed by atoms with Gasteiger partial charge in [-0.3, -0.25) is 14.4 Å². The van der Waals surface area contributed by atoms with Crippen LogP contribution in [0.5, 0.6) is 0 Å². The average molecular weight is 286 g/mol. The van der Waals surface area contributed by atoms with E-state index < -0.39 is 28.1 Å². The molecule has 4 atom stereocenters. The monoisotopic (exact) mass is 286 g/mol. The van der Waals surface area contributed by atoms with E-state index in [2.05, 4.69) is 0 Å². The fraction of sp³-hybridized carbons (Fsp3) is 0.611. The van der Waals surface area contributed by atoms with E-state index in [4.69, 9.17) is 0 Å². The van der Waals surface area contributed by atoms with Crippen LogP contribution in [0.25, 0.3) is 0 Å². The lowest BCUT2D eigenvalue weighted by molar-refractivity contribution is -0.174. The highest BCUT2D eigenvalue weighted by Crippen LogP contribution is 2.70. The van der Waals surface area contributed by atoms with Crippen molar-refractivity contribution in [2.75, 3.05) is 0 Å². The molecular weight excluding hydrogens is 264 g/mol. The second-order valence-electron chi connectivity index (χ2n) is 7.70. The number of carbonyl (C=O) groups excluding carboxylic acids is 3. The lowest BCUT2D eigenvalue weighted by Crippen LogP contribution is -2.70. The molecule has 0 aromatic rings. The summed E-state index contributed by atoms with van der Waals surface area (Å²) in [5, 5.41) is 0. The molecule has 112 valence electrons. The lowest BCUT2D eigenvalue weighted by Gasteiger charge is -2.65. The minimum atomic E-state index is -0.854. The molecule has 0 amide bonds. The first kappa shape index (κ1) is 14.4. The van der Waals surface area contributed by atoms with Crippen LogP contribution in [0.1, 0.15) is 41.5 Å². The van der Waals surface area contributed by atoms with E-state index in [0.717, 1.165) is 11.1 Å². The van der Waals surface area contributed by atoms with E-state index in [0.29, 0.717) is 0 Å². The number of Topliss-reactive ketones (excluding diaryl/α,β-unsaturated/α-hetero) is 1. The third-order valence-electron chi connectivity index (χ3n) is 7.06. The third kappa shape index (κ3) is 1.21. The van der Waals surface area contributed by atoms with Gasteiger partial charge in [0.1, 0.15) is 5.78 Å². The third-order valence-corrected chi connectivity index (χ3v) is 7.06. The number of ketones is 3. The molecule has 2 bridgehead atoms. The van der Waals surface area contributed by atoms with Gasteiger partial charge in [0.2, 0.25) is 0 Å². The van der Waals surface area contributed by atoms with Crippen molar-refractivity contribution in [2.24, 2.45) is 28.1 Å². The molecule has 0 saturated heterocycles. The molecule has 0 spiro atoms. The summed E-state index contributed by atoms with van der Waals surface area (Å²) in [6, 6.07) is 0.